The highest BCUT2D eigenvalue weighted by molar-refractivity contribution is 6.05. The second-order valence-corrected chi connectivity index (χ2v) is 10.4. The SMILES string of the molecule is FC1(F)CC2(CNC2)C1.O=C1CCC(N2Cc3cc(OC4CCCCC4)ccc3C2=O)C(=O)N1. The lowest BCUT2D eigenvalue weighted by Crippen LogP contribution is -2.64. The molecule has 0 radical (unpaired) electrons. The van der Waals surface area contributed by atoms with Gasteiger partial charge in [-0.05, 0) is 55.9 Å². The summed E-state index contributed by atoms with van der Waals surface area (Å²) in [4.78, 5) is 37.6. The summed E-state index contributed by atoms with van der Waals surface area (Å²) in [6, 6.07) is 5.00. The number of ether oxygens (including phenoxy) is 1. The Bertz CT molecular complexity index is 978. The molecule has 0 aromatic heterocycles. The van der Waals surface area contributed by atoms with Crippen LogP contribution in [-0.4, -0.2) is 53.8 Å². The maximum atomic E-state index is 12.6. The fourth-order valence-electron chi connectivity index (χ4n) is 5.77. The summed E-state index contributed by atoms with van der Waals surface area (Å²) in [6.45, 7) is 2.01. The van der Waals surface area contributed by atoms with Gasteiger partial charge in [-0.25, -0.2) is 8.78 Å². The molecule has 4 fully saturated rings. The van der Waals surface area contributed by atoms with Gasteiger partial charge < -0.3 is 15.0 Å². The van der Waals surface area contributed by atoms with Crippen molar-refractivity contribution >= 4 is 17.7 Å². The number of hydrogen-bond acceptors (Lipinski definition) is 5. The smallest absolute Gasteiger partial charge is 0.255 e. The number of amides is 3. The zero-order valence-corrected chi connectivity index (χ0v) is 19.2. The van der Waals surface area contributed by atoms with Crippen molar-refractivity contribution in [2.24, 2.45) is 5.41 Å². The number of fused-ring (bicyclic) bond motifs is 1. The largest absolute Gasteiger partial charge is 0.490 e. The van der Waals surface area contributed by atoms with E-state index in [9.17, 15) is 23.2 Å². The lowest BCUT2D eigenvalue weighted by atomic mass is 9.62. The molecule has 2 aliphatic carbocycles. The van der Waals surface area contributed by atoms with E-state index >= 15 is 0 Å². The van der Waals surface area contributed by atoms with Crippen LogP contribution in [-0.2, 0) is 16.1 Å². The Labute approximate surface area is 197 Å². The highest BCUT2D eigenvalue weighted by Crippen LogP contribution is 2.53. The van der Waals surface area contributed by atoms with Crippen LogP contribution >= 0.6 is 0 Å². The Morgan fingerprint density at radius 2 is 1.74 bits per heavy atom. The lowest BCUT2D eigenvalue weighted by Gasteiger charge is -2.53. The molecule has 0 bridgehead atoms. The molecule has 3 amide bonds. The third-order valence-corrected chi connectivity index (χ3v) is 7.62. The first-order chi connectivity index (χ1) is 16.2. The first kappa shape index (κ1) is 23.2. The van der Waals surface area contributed by atoms with Crippen LogP contribution in [0.3, 0.4) is 0 Å². The van der Waals surface area contributed by atoms with Gasteiger partial charge in [-0.1, -0.05) is 6.42 Å². The summed E-state index contributed by atoms with van der Waals surface area (Å²) in [5, 5.41) is 5.33. The van der Waals surface area contributed by atoms with Gasteiger partial charge in [0.2, 0.25) is 17.7 Å². The summed E-state index contributed by atoms with van der Waals surface area (Å²) in [5.41, 5.74) is 1.53. The number of hydrogen-bond donors (Lipinski definition) is 2. The zero-order chi connectivity index (χ0) is 23.9. The van der Waals surface area contributed by atoms with Crippen molar-refractivity contribution < 1.29 is 27.9 Å². The predicted molar refractivity (Wildman–Crippen MR) is 119 cm³/mol. The van der Waals surface area contributed by atoms with Gasteiger partial charge in [0, 0.05) is 49.9 Å². The van der Waals surface area contributed by atoms with Crippen molar-refractivity contribution in [1.82, 2.24) is 15.5 Å². The molecule has 184 valence electrons. The Morgan fingerprint density at radius 3 is 2.32 bits per heavy atom. The van der Waals surface area contributed by atoms with Crippen LogP contribution in [0.25, 0.3) is 0 Å². The second kappa shape index (κ2) is 8.91. The van der Waals surface area contributed by atoms with Crippen molar-refractivity contribution in [3.05, 3.63) is 29.3 Å². The quantitative estimate of drug-likeness (QED) is 0.656. The van der Waals surface area contributed by atoms with Crippen LogP contribution in [0.4, 0.5) is 8.78 Å². The normalized spacial score (nSPS) is 27.2. The lowest BCUT2D eigenvalue weighted by molar-refractivity contribution is -0.178. The van der Waals surface area contributed by atoms with Crippen molar-refractivity contribution in [3.8, 4) is 5.75 Å². The van der Waals surface area contributed by atoms with Crippen LogP contribution in [0.2, 0.25) is 0 Å². The minimum atomic E-state index is -2.33. The highest BCUT2D eigenvalue weighted by atomic mass is 19.3. The van der Waals surface area contributed by atoms with E-state index in [1.165, 1.54) is 19.3 Å². The number of nitrogens with one attached hydrogen (secondary N) is 2. The van der Waals surface area contributed by atoms with Gasteiger partial charge in [0.15, 0.2) is 0 Å². The molecule has 2 saturated carbocycles. The third-order valence-electron chi connectivity index (χ3n) is 7.62. The third kappa shape index (κ3) is 4.67. The highest BCUT2D eigenvalue weighted by Gasteiger charge is 2.59. The summed E-state index contributed by atoms with van der Waals surface area (Å²) < 4.78 is 30.5. The van der Waals surface area contributed by atoms with Crippen LogP contribution < -0.4 is 15.4 Å². The summed E-state index contributed by atoms with van der Waals surface area (Å²) in [5.74, 6) is -2.33. The molecule has 1 spiro atoms. The van der Waals surface area contributed by atoms with Crippen molar-refractivity contribution in [1.29, 1.82) is 0 Å². The average Bonchev–Trinajstić information content (AvgIpc) is 3.07. The molecule has 1 aromatic rings. The molecule has 2 N–H and O–H groups in total. The summed E-state index contributed by atoms with van der Waals surface area (Å²) in [6.07, 6.45) is 7.00. The minimum Gasteiger partial charge on any atom is -0.490 e. The fourth-order valence-corrected chi connectivity index (χ4v) is 5.77. The number of imide groups is 1. The molecule has 3 heterocycles. The predicted octanol–water partition coefficient (Wildman–Crippen LogP) is 3.16. The molecular weight excluding hydrogens is 444 g/mol. The van der Waals surface area contributed by atoms with Gasteiger partial charge in [0.25, 0.3) is 5.91 Å². The maximum absolute atomic E-state index is 12.6. The summed E-state index contributed by atoms with van der Waals surface area (Å²) >= 11 is 0. The van der Waals surface area contributed by atoms with E-state index in [2.05, 4.69) is 10.6 Å². The van der Waals surface area contributed by atoms with Crippen molar-refractivity contribution in [2.75, 3.05) is 13.1 Å². The van der Waals surface area contributed by atoms with Gasteiger partial charge in [-0.15, -0.1) is 0 Å². The molecule has 2 saturated heterocycles. The van der Waals surface area contributed by atoms with E-state index < -0.39 is 12.0 Å². The van der Waals surface area contributed by atoms with Gasteiger partial charge in [0.1, 0.15) is 11.8 Å². The number of nitrogens with zero attached hydrogens (tertiary/aromatic N) is 1. The van der Waals surface area contributed by atoms with Crippen LogP contribution in [0.15, 0.2) is 18.2 Å². The number of piperidine rings is 1. The number of benzene rings is 1. The monoisotopic (exact) mass is 475 g/mol. The standard InChI is InChI=1S/C19H22N2O4.C6H9F2N/c22-17-9-8-16(18(23)20-17)21-11-12-10-14(6-7-15(12)19(21)24)25-13-4-2-1-3-5-13;7-6(8)1-5(2-6)3-9-4-5/h6-7,10,13,16H,1-5,8-9,11H2,(H,20,22,23);9H,1-4H2. The number of rotatable bonds is 3. The van der Waals surface area contributed by atoms with E-state index in [1.807, 2.05) is 12.1 Å². The molecule has 1 unspecified atom stereocenters. The Hall–Kier alpha value is -2.55. The number of carbonyl (C=O) groups is 3. The minimum absolute atomic E-state index is 0.0174. The Balaban J connectivity index is 0.000000222. The second-order valence-electron chi connectivity index (χ2n) is 10.4. The molecule has 6 rings (SSSR count). The number of alkyl halides is 2. The van der Waals surface area contributed by atoms with Crippen LogP contribution in [0.1, 0.15) is 73.7 Å². The van der Waals surface area contributed by atoms with E-state index in [4.69, 9.17) is 4.74 Å². The van der Waals surface area contributed by atoms with Gasteiger partial charge in [-0.2, -0.15) is 0 Å². The van der Waals surface area contributed by atoms with E-state index in [0.717, 1.165) is 37.2 Å². The Morgan fingerprint density at radius 1 is 1.00 bits per heavy atom. The maximum Gasteiger partial charge on any atom is 0.255 e. The Kier molecular flexibility index (Phi) is 6.08. The topological polar surface area (TPSA) is 87.7 Å². The fraction of sp³-hybridized carbons (Fsp3) is 0.640. The van der Waals surface area contributed by atoms with E-state index in [-0.39, 0.29) is 48.5 Å². The van der Waals surface area contributed by atoms with E-state index in [1.54, 1.807) is 11.0 Å². The molecule has 9 heteroatoms. The molecule has 7 nitrogen and oxygen atoms in total. The van der Waals surface area contributed by atoms with Crippen molar-refractivity contribution in [3.63, 3.8) is 0 Å². The molecule has 3 aliphatic heterocycles. The zero-order valence-electron chi connectivity index (χ0n) is 19.2. The first-order valence-corrected chi connectivity index (χ1v) is 12.3. The molecule has 1 aromatic carbocycles. The van der Waals surface area contributed by atoms with Gasteiger partial charge in [0.05, 0.1) is 6.10 Å². The first-order valence-electron chi connectivity index (χ1n) is 12.3. The molecule has 1 atom stereocenters. The molecule has 5 aliphatic rings. The molecular formula is C25H31F2N3O4. The molecule has 34 heavy (non-hydrogen) atoms. The average molecular weight is 476 g/mol. The number of carbonyl (C=O) groups excluding carboxylic acids is 3. The van der Waals surface area contributed by atoms with Crippen molar-refractivity contribution in [2.45, 2.75) is 82.4 Å². The number of halogens is 2. The van der Waals surface area contributed by atoms with Crippen LogP contribution in [0, 0.1) is 5.41 Å². The van der Waals surface area contributed by atoms with Crippen LogP contribution in [0.5, 0.6) is 5.75 Å². The van der Waals surface area contributed by atoms with Gasteiger partial charge in [-0.3, -0.25) is 19.7 Å². The van der Waals surface area contributed by atoms with Gasteiger partial charge >= 0.3 is 0 Å². The van der Waals surface area contributed by atoms with E-state index in [0.29, 0.717) is 18.5 Å². The summed E-state index contributed by atoms with van der Waals surface area (Å²) in [7, 11) is 0.